The molecule has 0 unspecified atom stereocenters. The Bertz CT molecular complexity index is 2460. The average Bonchev–Trinajstić information content (AvgIpc) is 3.55. The molecule has 7 rings (SSSR count). The van der Waals surface area contributed by atoms with Crippen molar-refractivity contribution in [2.45, 2.75) is 105 Å². The second kappa shape index (κ2) is 11.5. The smallest absolute Gasteiger partial charge is 0.168 e. The Kier molecular flexibility index (Phi) is 7.86. The maximum Gasteiger partial charge on any atom is 0.168 e. The lowest BCUT2D eigenvalue weighted by molar-refractivity contribution is 0.569. The van der Waals surface area contributed by atoms with Crippen LogP contribution in [0.3, 0.4) is 0 Å². The third-order valence-electron chi connectivity index (χ3n) is 10.8. The van der Waals surface area contributed by atoms with E-state index in [1.165, 1.54) is 0 Å². The fraction of sp³-hybridized carbons (Fsp3) is 0.340. The summed E-state index contributed by atoms with van der Waals surface area (Å²) in [6, 6.07) is 28.9. The molecule has 0 N–H and O–H groups in total. The Morgan fingerprint density at radius 1 is 0.423 bits per heavy atom. The molecule has 5 aromatic carbocycles. The van der Waals surface area contributed by atoms with Gasteiger partial charge in [0.1, 0.15) is 11.6 Å². The predicted molar refractivity (Wildman–Crippen MR) is 215 cm³/mol. The largest absolute Gasteiger partial charge is 0.306 e. The van der Waals surface area contributed by atoms with Crippen LogP contribution in [0.4, 0.5) is 8.78 Å². The van der Waals surface area contributed by atoms with E-state index in [1.807, 2.05) is 27.3 Å². The SMILES string of the molecule is CC(C)(C)c1ccc2c(c1)c1ccc(C(C)(C)C)cc1n2-c1cc(-n2c3ccc(C(C)(C)C)cc3c3ccc(C(C)(C)C)cc32)c(F)c(C#N)c1F. The molecule has 266 valence electrons. The first-order chi connectivity index (χ1) is 24.1. The van der Waals surface area contributed by atoms with Gasteiger partial charge in [0.15, 0.2) is 11.6 Å². The zero-order valence-electron chi connectivity index (χ0n) is 32.6. The van der Waals surface area contributed by atoms with Crippen LogP contribution >= 0.6 is 0 Å². The van der Waals surface area contributed by atoms with Gasteiger partial charge in [-0.3, -0.25) is 0 Å². The Labute approximate surface area is 306 Å². The van der Waals surface area contributed by atoms with Crippen molar-refractivity contribution in [1.82, 2.24) is 9.13 Å². The number of fused-ring (bicyclic) bond motifs is 6. The van der Waals surface area contributed by atoms with E-state index in [1.54, 1.807) is 6.07 Å². The van der Waals surface area contributed by atoms with E-state index in [2.05, 4.69) is 144 Å². The van der Waals surface area contributed by atoms with Gasteiger partial charge in [-0.25, -0.2) is 8.78 Å². The van der Waals surface area contributed by atoms with Crippen LogP contribution in [0.15, 0.2) is 78.9 Å². The monoisotopic (exact) mass is 693 g/mol. The van der Waals surface area contributed by atoms with Gasteiger partial charge in [0.05, 0.1) is 33.4 Å². The van der Waals surface area contributed by atoms with Crippen molar-refractivity contribution in [3.05, 3.63) is 118 Å². The maximum atomic E-state index is 16.9. The first-order valence-corrected chi connectivity index (χ1v) is 18.2. The van der Waals surface area contributed by atoms with Gasteiger partial charge in [-0.2, -0.15) is 5.26 Å². The average molecular weight is 694 g/mol. The van der Waals surface area contributed by atoms with Crippen molar-refractivity contribution >= 4 is 43.6 Å². The van der Waals surface area contributed by atoms with E-state index in [-0.39, 0.29) is 33.0 Å². The fourth-order valence-electron chi connectivity index (χ4n) is 7.46. The van der Waals surface area contributed by atoms with Crippen LogP contribution in [0.1, 0.15) is 111 Å². The summed E-state index contributed by atoms with van der Waals surface area (Å²) in [5.74, 6) is -1.76. The molecule has 3 nitrogen and oxygen atoms in total. The highest BCUT2D eigenvalue weighted by Gasteiger charge is 2.28. The normalized spacial score (nSPS) is 13.2. The molecular formula is C47H49F2N3. The third kappa shape index (κ3) is 5.59. The Hall–Kier alpha value is -4.95. The van der Waals surface area contributed by atoms with E-state index >= 15 is 8.78 Å². The molecule has 7 aromatic rings. The van der Waals surface area contributed by atoms with Crippen molar-refractivity contribution in [3.8, 4) is 17.4 Å². The molecule has 0 spiro atoms. The number of aromatic nitrogens is 2. The van der Waals surface area contributed by atoms with Crippen LogP contribution in [-0.2, 0) is 21.7 Å². The van der Waals surface area contributed by atoms with Gasteiger partial charge in [-0.05, 0) is 86.4 Å². The highest BCUT2D eigenvalue weighted by Crippen LogP contribution is 2.42. The molecule has 0 bridgehead atoms. The van der Waals surface area contributed by atoms with Gasteiger partial charge in [0, 0.05) is 21.5 Å². The summed E-state index contributed by atoms with van der Waals surface area (Å²) in [6.07, 6.45) is 0. The number of rotatable bonds is 2. The Morgan fingerprint density at radius 3 is 1.08 bits per heavy atom. The molecule has 2 heterocycles. The zero-order valence-corrected chi connectivity index (χ0v) is 32.6. The first-order valence-electron chi connectivity index (χ1n) is 18.2. The third-order valence-corrected chi connectivity index (χ3v) is 10.8. The fourth-order valence-corrected chi connectivity index (χ4v) is 7.46. The molecule has 5 heteroatoms. The number of nitrogens with zero attached hydrogens (tertiary/aromatic N) is 3. The highest BCUT2D eigenvalue weighted by atomic mass is 19.1. The summed E-state index contributed by atoms with van der Waals surface area (Å²) in [6.45, 7) is 26.0. The lowest BCUT2D eigenvalue weighted by atomic mass is 9.85. The Morgan fingerprint density at radius 2 is 0.750 bits per heavy atom. The van der Waals surface area contributed by atoms with Crippen molar-refractivity contribution in [2.24, 2.45) is 0 Å². The van der Waals surface area contributed by atoms with Crippen molar-refractivity contribution in [2.75, 3.05) is 0 Å². The lowest BCUT2D eigenvalue weighted by Gasteiger charge is -2.21. The molecule has 52 heavy (non-hydrogen) atoms. The van der Waals surface area contributed by atoms with Crippen LogP contribution < -0.4 is 0 Å². The predicted octanol–water partition coefficient (Wildman–Crippen LogP) is 13.2. The van der Waals surface area contributed by atoms with E-state index in [0.29, 0.717) is 0 Å². The molecule has 0 aliphatic carbocycles. The summed E-state index contributed by atoms with van der Waals surface area (Å²) in [5, 5.41) is 14.3. The summed E-state index contributed by atoms with van der Waals surface area (Å²) in [7, 11) is 0. The van der Waals surface area contributed by atoms with Crippen LogP contribution in [0, 0.1) is 23.0 Å². The molecule has 0 saturated heterocycles. The lowest BCUT2D eigenvalue weighted by Crippen LogP contribution is -2.12. The molecule has 0 saturated carbocycles. The maximum absolute atomic E-state index is 16.9. The highest BCUT2D eigenvalue weighted by molar-refractivity contribution is 6.11. The van der Waals surface area contributed by atoms with E-state index in [0.717, 1.165) is 65.9 Å². The summed E-state index contributed by atoms with van der Waals surface area (Å²) in [4.78, 5) is 0. The molecular weight excluding hydrogens is 645 g/mol. The van der Waals surface area contributed by atoms with Gasteiger partial charge in [-0.1, -0.05) is 119 Å². The van der Waals surface area contributed by atoms with Crippen LogP contribution in [0.25, 0.3) is 55.0 Å². The number of hydrogen-bond acceptors (Lipinski definition) is 1. The van der Waals surface area contributed by atoms with E-state index < -0.39 is 17.2 Å². The van der Waals surface area contributed by atoms with E-state index in [9.17, 15) is 5.26 Å². The summed E-state index contributed by atoms with van der Waals surface area (Å²) in [5.41, 5.74) is 6.82. The van der Waals surface area contributed by atoms with Crippen molar-refractivity contribution in [1.29, 1.82) is 5.26 Å². The summed E-state index contributed by atoms with van der Waals surface area (Å²) < 4.78 is 37.6. The van der Waals surface area contributed by atoms with E-state index in [4.69, 9.17) is 0 Å². The van der Waals surface area contributed by atoms with Gasteiger partial charge in [0.25, 0.3) is 0 Å². The summed E-state index contributed by atoms with van der Waals surface area (Å²) >= 11 is 0. The second-order valence-corrected chi connectivity index (χ2v) is 18.6. The van der Waals surface area contributed by atoms with Gasteiger partial charge in [0.2, 0.25) is 0 Å². The minimum atomic E-state index is -0.880. The molecule has 0 amide bonds. The zero-order chi connectivity index (χ0) is 37.9. The molecule has 2 aromatic heterocycles. The number of benzene rings is 5. The van der Waals surface area contributed by atoms with Gasteiger partial charge in [-0.15, -0.1) is 0 Å². The molecule has 0 aliphatic rings. The van der Waals surface area contributed by atoms with Crippen molar-refractivity contribution < 1.29 is 8.78 Å². The number of nitriles is 1. The molecule has 0 atom stereocenters. The van der Waals surface area contributed by atoms with Crippen LogP contribution in [0.2, 0.25) is 0 Å². The molecule has 0 fully saturated rings. The second-order valence-electron chi connectivity index (χ2n) is 18.6. The minimum absolute atomic E-state index is 0.106. The van der Waals surface area contributed by atoms with Crippen molar-refractivity contribution in [3.63, 3.8) is 0 Å². The quantitative estimate of drug-likeness (QED) is 0.177. The molecule has 0 aliphatic heterocycles. The van der Waals surface area contributed by atoms with Crippen LogP contribution in [0.5, 0.6) is 0 Å². The topological polar surface area (TPSA) is 33.6 Å². The minimum Gasteiger partial charge on any atom is -0.306 e. The molecule has 0 radical (unpaired) electrons. The number of halogens is 2. The first kappa shape index (κ1) is 35.5. The standard InChI is InChI=1S/C47H49F2N3/c1-44(2,3)27-15-19-36-33(21-27)31-17-13-29(46(7,8)9)23-38(31)51(36)40-25-41(43(49)35(26-50)42(40)48)52-37-20-16-28(45(4,5)6)22-34(37)32-18-14-30(24-39(32)52)47(10,11)12/h13-25H,1-12H3. The Balaban J connectivity index is 1.65. The van der Waals surface area contributed by atoms with Gasteiger partial charge >= 0.3 is 0 Å². The van der Waals surface area contributed by atoms with Crippen LogP contribution in [-0.4, -0.2) is 9.13 Å². The van der Waals surface area contributed by atoms with Gasteiger partial charge < -0.3 is 9.13 Å². The number of hydrogen-bond donors (Lipinski definition) is 0.